The van der Waals surface area contributed by atoms with E-state index in [0.29, 0.717) is 11.4 Å². The highest BCUT2D eigenvalue weighted by atomic mass is 32.2. The van der Waals surface area contributed by atoms with Crippen molar-refractivity contribution in [2.24, 2.45) is 7.05 Å². The van der Waals surface area contributed by atoms with Gasteiger partial charge in [-0.2, -0.15) is 0 Å². The maximum Gasteiger partial charge on any atom is 0.238 e. The quantitative estimate of drug-likeness (QED) is 0.834. The van der Waals surface area contributed by atoms with E-state index in [0.717, 1.165) is 11.6 Å². The zero-order valence-corrected chi connectivity index (χ0v) is 13.2. The van der Waals surface area contributed by atoms with Gasteiger partial charge in [-0.15, -0.1) is 0 Å². The molecule has 0 aliphatic rings. The zero-order valence-electron chi connectivity index (χ0n) is 12.4. The number of thioether (sulfide) groups is 1. The van der Waals surface area contributed by atoms with E-state index in [1.807, 2.05) is 49.0 Å². The van der Waals surface area contributed by atoms with E-state index < -0.39 is 0 Å². The first kappa shape index (κ1) is 15.4. The predicted octanol–water partition coefficient (Wildman–Crippen LogP) is 2.94. The Morgan fingerprint density at radius 3 is 2.86 bits per heavy atom. The van der Waals surface area contributed by atoms with Crippen molar-refractivity contribution in [1.29, 1.82) is 0 Å². The number of hydrogen-bond donors (Lipinski definition) is 1. The number of amides is 1. The van der Waals surface area contributed by atoms with Crippen LogP contribution in [-0.2, 0) is 11.8 Å². The molecule has 1 atom stereocenters. The molecular formula is C15H19N3O2S. The van der Waals surface area contributed by atoms with E-state index in [1.54, 1.807) is 13.3 Å². The number of carbonyl (C=O) groups is 1. The van der Waals surface area contributed by atoms with Crippen molar-refractivity contribution in [2.75, 3.05) is 12.4 Å². The van der Waals surface area contributed by atoms with E-state index in [9.17, 15) is 4.79 Å². The van der Waals surface area contributed by atoms with Gasteiger partial charge in [0.1, 0.15) is 5.75 Å². The fourth-order valence-corrected chi connectivity index (χ4v) is 2.81. The summed E-state index contributed by atoms with van der Waals surface area (Å²) in [5.41, 5.74) is 0.684. The molecule has 0 saturated carbocycles. The summed E-state index contributed by atoms with van der Waals surface area (Å²) < 4.78 is 7.15. The fourth-order valence-electron chi connectivity index (χ4n) is 1.88. The number of ether oxygens (including phenoxy) is 1. The summed E-state index contributed by atoms with van der Waals surface area (Å²) in [5, 5.41) is 3.56. The zero-order chi connectivity index (χ0) is 15.2. The van der Waals surface area contributed by atoms with E-state index >= 15 is 0 Å². The van der Waals surface area contributed by atoms with Crippen molar-refractivity contribution in [3.63, 3.8) is 0 Å². The number of imidazole rings is 1. The molecule has 1 amide bonds. The second kappa shape index (κ2) is 7.17. The normalized spacial score (nSPS) is 12.0. The molecule has 1 aromatic heterocycles. The molecule has 0 aliphatic heterocycles. The third kappa shape index (κ3) is 3.78. The molecule has 112 valence electrons. The van der Waals surface area contributed by atoms with Crippen molar-refractivity contribution < 1.29 is 9.53 Å². The van der Waals surface area contributed by atoms with Gasteiger partial charge in [0.05, 0.1) is 18.0 Å². The number of benzene rings is 1. The Morgan fingerprint density at radius 2 is 2.24 bits per heavy atom. The third-order valence-corrected chi connectivity index (χ3v) is 4.49. The molecule has 0 aliphatic carbocycles. The molecule has 1 N–H and O–H groups in total. The minimum absolute atomic E-state index is 0.0463. The summed E-state index contributed by atoms with van der Waals surface area (Å²) in [6.07, 6.45) is 4.32. The first-order valence-corrected chi connectivity index (χ1v) is 7.61. The van der Waals surface area contributed by atoms with Crippen LogP contribution >= 0.6 is 11.8 Å². The highest BCUT2D eigenvalue weighted by Gasteiger charge is 2.20. The van der Waals surface area contributed by atoms with Gasteiger partial charge in [-0.05, 0) is 18.6 Å². The number of para-hydroxylation sites is 2. The lowest BCUT2D eigenvalue weighted by molar-refractivity contribution is -0.115. The molecular weight excluding hydrogens is 286 g/mol. The summed E-state index contributed by atoms with van der Waals surface area (Å²) in [4.78, 5) is 16.7. The van der Waals surface area contributed by atoms with Gasteiger partial charge < -0.3 is 14.6 Å². The monoisotopic (exact) mass is 305 g/mol. The molecule has 1 aromatic carbocycles. The lowest BCUT2D eigenvalue weighted by Gasteiger charge is -2.15. The number of aromatic nitrogens is 2. The number of nitrogens with zero attached hydrogens (tertiary/aromatic N) is 2. The molecule has 0 bridgehead atoms. The minimum atomic E-state index is -0.198. The van der Waals surface area contributed by atoms with Crippen LogP contribution in [0.25, 0.3) is 0 Å². The number of anilines is 1. The number of methoxy groups -OCH3 is 1. The molecule has 0 saturated heterocycles. The van der Waals surface area contributed by atoms with Gasteiger partial charge in [0.25, 0.3) is 0 Å². The van der Waals surface area contributed by atoms with Crippen LogP contribution in [0.2, 0.25) is 0 Å². The van der Waals surface area contributed by atoms with Gasteiger partial charge in [-0.1, -0.05) is 30.8 Å². The van der Waals surface area contributed by atoms with Crippen LogP contribution in [0.15, 0.2) is 41.8 Å². The first-order chi connectivity index (χ1) is 10.2. The van der Waals surface area contributed by atoms with Gasteiger partial charge in [0, 0.05) is 19.4 Å². The highest BCUT2D eigenvalue weighted by Crippen LogP contribution is 2.27. The molecule has 1 heterocycles. The van der Waals surface area contributed by atoms with Crippen LogP contribution in [0.4, 0.5) is 5.69 Å². The predicted molar refractivity (Wildman–Crippen MR) is 84.8 cm³/mol. The van der Waals surface area contributed by atoms with E-state index in [4.69, 9.17) is 4.74 Å². The maximum atomic E-state index is 12.4. The molecule has 1 unspecified atom stereocenters. The number of nitrogens with one attached hydrogen (secondary N) is 1. The summed E-state index contributed by atoms with van der Waals surface area (Å²) in [6, 6.07) is 7.39. The van der Waals surface area contributed by atoms with Crippen molar-refractivity contribution in [1.82, 2.24) is 9.55 Å². The molecule has 0 radical (unpaired) electrons. The van der Waals surface area contributed by atoms with Crippen LogP contribution in [0.5, 0.6) is 5.75 Å². The van der Waals surface area contributed by atoms with Gasteiger partial charge in [0.2, 0.25) is 5.91 Å². The standard InChI is InChI=1S/C15H19N3O2S/c1-4-13(21-15-16-9-10-18(15)2)14(19)17-11-7-5-6-8-12(11)20-3/h5-10,13H,4H2,1-3H3,(H,17,19). The summed E-state index contributed by atoms with van der Waals surface area (Å²) >= 11 is 1.46. The van der Waals surface area contributed by atoms with Crippen LogP contribution in [0.3, 0.4) is 0 Å². The smallest absolute Gasteiger partial charge is 0.238 e. The Hall–Kier alpha value is -1.95. The fraction of sp³-hybridized carbons (Fsp3) is 0.333. The van der Waals surface area contributed by atoms with Crippen LogP contribution in [0, 0.1) is 0 Å². The number of hydrogen-bond acceptors (Lipinski definition) is 4. The Kier molecular flexibility index (Phi) is 5.27. The van der Waals surface area contributed by atoms with Crippen molar-refractivity contribution in [3.05, 3.63) is 36.7 Å². The highest BCUT2D eigenvalue weighted by molar-refractivity contribution is 8.00. The minimum Gasteiger partial charge on any atom is -0.495 e. The molecule has 5 nitrogen and oxygen atoms in total. The van der Waals surface area contributed by atoms with E-state index in [-0.39, 0.29) is 11.2 Å². The number of carbonyl (C=O) groups excluding carboxylic acids is 1. The number of aryl methyl sites for hydroxylation is 1. The molecule has 2 rings (SSSR count). The lowest BCUT2D eigenvalue weighted by atomic mass is 10.2. The molecule has 0 spiro atoms. The van der Waals surface area contributed by atoms with Crippen molar-refractivity contribution >= 4 is 23.4 Å². The second-order valence-electron chi connectivity index (χ2n) is 4.52. The second-order valence-corrected chi connectivity index (χ2v) is 5.69. The maximum absolute atomic E-state index is 12.4. The lowest BCUT2D eigenvalue weighted by Crippen LogP contribution is -2.25. The van der Waals surface area contributed by atoms with Crippen LogP contribution in [-0.4, -0.2) is 27.8 Å². The van der Waals surface area contributed by atoms with Gasteiger partial charge in [-0.3, -0.25) is 4.79 Å². The number of rotatable bonds is 6. The van der Waals surface area contributed by atoms with Crippen molar-refractivity contribution in [2.45, 2.75) is 23.8 Å². The third-order valence-electron chi connectivity index (χ3n) is 3.05. The Bertz CT molecular complexity index is 612. The Morgan fingerprint density at radius 1 is 1.48 bits per heavy atom. The van der Waals surface area contributed by atoms with Crippen LogP contribution in [0.1, 0.15) is 13.3 Å². The van der Waals surface area contributed by atoms with Gasteiger partial charge >= 0.3 is 0 Å². The summed E-state index contributed by atoms with van der Waals surface area (Å²) in [7, 11) is 3.51. The SMILES string of the molecule is CCC(Sc1nccn1C)C(=O)Nc1ccccc1OC. The molecule has 21 heavy (non-hydrogen) atoms. The summed E-state index contributed by atoms with van der Waals surface area (Å²) in [6.45, 7) is 1.99. The van der Waals surface area contributed by atoms with E-state index in [2.05, 4.69) is 10.3 Å². The molecule has 0 fully saturated rings. The van der Waals surface area contributed by atoms with Gasteiger partial charge in [0.15, 0.2) is 5.16 Å². The van der Waals surface area contributed by atoms with Crippen LogP contribution < -0.4 is 10.1 Å². The average Bonchev–Trinajstić information content (AvgIpc) is 2.90. The van der Waals surface area contributed by atoms with E-state index in [1.165, 1.54) is 11.8 Å². The average molecular weight is 305 g/mol. The van der Waals surface area contributed by atoms with Crippen molar-refractivity contribution in [3.8, 4) is 5.75 Å². The Labute approximate surface area is 128 Å². The topological polar surface area (TPSA) is 56.2 Å². The largest absolute Gasteiger partial charge is 0.495 e. The molecule has 6 heteroatoms. The first-order valence-electron chi connectivity index (χ1n) is 6.73. The Balaban J connectivity index is 2.08. The molecule has 2 aromatic rings. The summed E-state index contributed by atoms with van der Waals surface area (Å²) in [5.74, 6) is 0.609. The van der Waals surface area contributed by atoms with Gasteiger partial charge in [-0.25, -0.2) is 4.98 Å².